The monoisotopic (exact) mass is 302 g/mol. The van der Waals surface area contributed by atoms with Crippen molar-refractivity contribution in [3.05, 3.63) is 0 Å². The van der Waals surface area contributed by atoms with Crippen molar-refractivity contribution in [1.82, 2.24) is 10.2 Å². The van der Waals surface area contributed by atoms with Gasteiger partial charge in [-0.25, -0.2) is 4.79 Å². The molecule has 2 N–H and O–H groups in total. The van der Waals surface area contributed by atoms with Gasteiger partial charge >= 0.3 is 12.1 Å². The molecular formula is C13H22N2O6. The van der Waals surface area contributed by atoms with E-state index in [0.717, 1.165) is 0 Å². The Bertz CT molecular complexity index is 393. The van der Waals surface area contributed by atoms with Crippen molar-refractivity contribution < 1.29 is 29.0 Å². The second-order valence-electron chi connectivity index (χ2n) is 5.76. The summed E-state index contributed by atoms with van der Waals surface area (Å²) in [4.78, 5) is 35.0. The number of carboxylic acids is 1. The van der Waals surface area contributed by atoms with Crippen molar-refractivity contribution in [2.24, 2.45) is 0 Å². The summed E-state index contributed by atoms with van der Waals surface area (Å²) in [6, 6.07) is -0.908. The average molecular weight is 302 g/mol. The van der Waals surface area contributed by atoms with Crippen LogP contribution in [0.4, 0.5) is 4.79 Å². The minimum Gasteiger partial charge on any atom is -0.480 e. The lowest BCUT2D eigenvalue weighted by atomic mass is 10.1. The Morgan fingerprint density at radius 1 is 1.52 bits per heavy atom. The lowest BCUT2D eigenvalue weighted by molar-refractivity contribution is -0.148. The van der Waals surface area contributed by atoms with E-state index in [1.807, 2.05) is 0 Å². The van der Waals surface area contributed by atoms with Crippen LogP contribution in [-0.4, -0.2) is 65.9 Å². The fourth-order valence-electron chi connectivity index (χ4n) is 1.98. The molecule has 1 saturated heterocycles. The van der Waals surface area contributed by atoms with Gasteiger partial charge in [0.25, 0.3) is 0 Å². The second-order valence-corrected chi connectivity index (χ2v) is 5.76. The number of carboxylic acid groups (broad SMARTS) is 1. The number of carbonyl (C=O) groups is 3. The Morgan fingerprint density at radius 3 is 2.71 bits per heavy atom. The molecule has 21 heavy (non-hydrogen) atoms. The molecule has 0 aliphatic carbocycles. The second kappa shape index (κ2) is 7.37. The number of carbonyl (C=O) groups excluding carboxylic acids is 2. The van der Waals surface area contributed by atoms with Crippen molar-refractivity contribution in [2.45, 2.75) is 45.1 Å². The van der Waals surface area contributed by atoms with Gasteiger partial charge in [-0.15, -0.1) is 0 Å². The van der Waals surface area contributed by atoms with E-state index in [1.54, 1.807) is 25.7 Å². The normalized spacial score (nSPS) is 21.4. The molecule has 0 spiro atoms. The highest BCUT2D eigenvalue weighted by Crippen LogP contribution is 2.12. The van der Waals surface area contributed by atoms with Crippen LogP contribution in [0, 0.1) is 0 Å². The topological polar surface area (TPSA) is 105 Å². The number of amides is 1. The van der Waals surface area contributed by atoms with E-state index in [0.29, 0.717) is 12.8 Å². The molecule has 1 heterocycles. The summed E-state index contributed by atoms with van der Waals surface area (Å²) in [6.07, 6.45) is -0.822. The third kappa shape index (κ3) is 6.09. The molecule has 8 heteroatoms. The molecule has 1 amide bonds. The molecule has 1 fully saturated rings. The van der Waals surface area contributed by atoms with Gasteiger partial charge < -0.3 is 19.4 Å². The van der Waals surface area contributed by atoms with Crippen molar-refractivity contribution in [3.63, 3.8) is 0 Å². The first-order valence-corrected chi connectivity index (χ1v) is 6.74. The zero-order chi connectivity index (χ0) is 16.0. The van der Waals surface area contributed by atoms with Crippen LogP contribution in [0.3, 0.4) is 0 Å². The van der Waals surface area contributed by atoms with E-state index in [2.05, 4.69) is 5.32 Å². The molecule has 1 unspecified atom stereocenters. The first kappa shape index (κ1) is 17.4. The zero-order valence-corrected chi connectivity index (χ0v) is 12.5. The lowest BCUT2D eigenvalue weighted by Crippen LogP contribution is -2.56. The fourth-order valence-corrected chi connectivity index (χ4v) is 1.98. The van der Waals surface area contributed by atoms with Crippen molar-refractivity contribution in [1.29, 1.82) is 0 Å². The largest absolute Gasteiger partial charge is 0.480 e. The van der Waals surface area contributed by atoms with E-state index >= 15 is 0 Å². The summed E-state index contributed by atoms with van der Waals surface area (Å²) in [6.45, 7) is 6.06. The van der Waals surface area contributed by atoms with Gasteiger partial charge in [-0.2, -0.15) is 0 Å². The summed E-state index contributed by atoms with van der Waals surface area (Å²) in [7, 11) is 0. The van der Waals surface area contributed by atoms with Gasteiger partial charge in [0.2, 0.25) is 0 Å². The summed E-state index contributed by atoms with van der Waals surface area (Å²) in [5, 5.41) is 11.7. The van der Waals surface area contributed by atoms with E-state index in [-0.39, 0.29) is 19.6 Å². The van der Waals surface area contributed by atoms with Gasteiger partial charge in [0.1, 0.15) is 24.2 Å². The van der Waals surface area contributed by atoms with E-state index in [1.165, 1.54) is 0 Å². The van der Waals surface area contributed by atoms with Crippen LogP contribution >= 0.6 is 0 Å². The molecule has 0 aromatic rings. The lowest BCUT2D eigenvalue weighted by Gasteiger charge is -2.36. The number of hydrogen-bond donors (Lipinski definition) is 2. The number of aldehydes is 1. The standard InChI is InChI=1S/C13H22N2O6/c1-13(2,3)21-12(19)14-10-8-15(5-7-20-10)9(4-6-16)11(17)18/h6,9-10H,4-5,7-8H2,1-3H3,(H,14,19)(H,17,18)/t9?,10-/m1/s1. The van der Waals surface area contributed by atoms with Gasteiger partial charge in [0, 0.05) is 19.5 Å². The number of nitrogens with zero attached hydrogens (tertiary/aromatic N) is 1. The molecule has 0 saturated carbocycles. The van der Waals surface area contributed by atoms with Crippen LogP contribution in [0.25, 0.3) is 0 Å². The quantitative estimate of drug-likeness (QED) is 0.699. The van der Waals surface area contributed by atoms with Gasteiger partial charge in [0.05, 0.1) is 6.61 Å². The van der Waals surface area contributed by atoms with Gasteiger partial charge in [0.15, 0.2) is 0 Å². The number of morpholine rings is 1. The predicted molar refractivity (Wildman–Crippen MR) is 72.8 cm³/mol. The molecule has 0 radical (unpaired) electrons. The van der Waals surface area contributed by atoms with Gasteiger partial charge in [-0.1, -0.05) is 0 Å². The Balaban J connectivity index is 2.57. The average Bonchev–Trinajstić information content (AvgIpc) is 2.33. The molecule has 1 aliphatic heterocycles. The first-order valence-electron chi connectivity index (χ1n) is 6.74. The SMILES string of the molecule is CC(C)(C)OC(=O)N[C@H]1CN(C(CC=O)C(=O)O)CCO1. The molecular weight excluding hydrogens is 280 g/mol. The van der Waals surface area contributed by atoms with Crippen LogP contribution in [0.1, 0.15) is 27.2 Å². The predicted octanol–water partition coefficient (Wildman–Crippen LogP) is 0.212. The van der Waals surface area contributed by atoms with E-state index < -0.39 is 29.9 Å². The van der Waals surface area contributed by atoms with Crippen LogP contribution < -0.4 is 5.32 Å². The van der Waals surface area contributed by atoms with Gasteiger partial charge in [-0.3, -0.25) is 15.0 Å². The number of nitrogens with one attached hydrogen (secondary N) is 1. The van der Waals surface area contributed by atoms with Crippen LogP contribution in [0.2, 0.25) is 0 Å². The molecule has 120 valence electrons. The van der Waals surface area contributed by atoms with E-state index in [9.17, 15) is 14.4 Å². The number of ether oxygens (including phenoxy) is 2. The Hall–Kier alpha value is -1.67. The number of aliphatic carboxylic acids is 1. The Labute approximate surface area is 123 Å². The summed E-state index contributed by atoms with van der Waals surface area (Å²) >= 11 is 0. The molecule has 0 aromatic heterocycles. The van der Waals surface area contributed by atoms with Crippen molar-refractivity contribution >= 4 is 18.3 Å². The number of rotatable bonds is 5. The molecule has 2 atom stereocenters. The zero-order valence-electron chi connectivity index (χ0n) is 12.5. The maximum atomic E-state index is 11.7. The highest BCUT2D eigenvalue weighted by molar-refractivity contribution is 5.77. The summed E-state index contributed by atoms with van der Waals surface area (Å²) < 4.78 is 10.5. The van der Waals surface area contributed by atoms with Crippen LogP contribution in [-0.2, 0) is 19.1 Å². The highest BCUT2D eigenvalue weighted by Gasteiger charge is 2.31. The number of hydrogen-bond acceptors (Lipinski definition) is 6. The highest BCUT2D eigenvalue weighted by atomic mass is 16.6. The minimum atomic E-state index is -1.07. The Kier molecular flexibility index (Phi) is 6.10. The molecule has 1 aliphatic rings. The summed E-state index contributed by atoms with van der Waals surface area (Å²) in [5.41, 5.74) is -0.625. The van der Waals surface area contributed by atoms with E-state index in [4.69, 9.17) is 14.6 Å². The molecule has 8 nitrogen and oxygen atoms in total. The molecule has 0 aromatic carbocycles. The third-order valence-corrected chi connectivity index (χ3v) is 2.82. The fraction of sp³-hybridized carbons (Fsp3) is 0.769. The maximum Gasteiger partial charge on any atom is 0.409 e. The van der Waals surface area contributed by atoms with Crippen molar-refractivity contribution in [3.8, 4) is 0 Å². The maximum absolute atomic E-state index is 11.7. The molecule has 1 rings (SSSR count). The van der Waals surface area contributed by atoms with Crippen molar-refractivity contribution in [2.75, 3.05) is 19.7 Å². The Morgan fingerprint density at radius 2 is 2.19 bits per heavy atom. The van der Waals surface area contributed by atoms with Gasteiger partial charge in [-0.05, 0) is 20.8 Å². The minimum absolute atomic E-state index is 0.103. The third-order valence-electron chi connectivity index (χ3n) is 2.82. The first-order chi connectivity index (χ1) is 9.73. The van der Waals surface area contributed by atoms with Crippen LogP contribution in [0.5, 0.6) is 0 Å². The van der Waals surface area contributed by atoms with Crippen LogP contribution in [0.15, 0.2) is 0 Å². The number of alkyl carbamates (subject to hydrolysis) is 1. The molecule has 0 bridgehead atoms. The smallest absolute Gasteiger partial charge is 0.409 e. The summed E-state index contributed by atoms with van der Waals surface area (Å²) in [5.74, 6) is -1.07.